The van der Waals surface area contributed by atoms with Gasteiger partial charge in [0.2, 0.25) is 11.5 Å². The van der Waals surface area contributed by atoms with Gasteiger partial charge in [-0.2, -0.15) is 0 Å². The number of hydrogen-bond donors (Lipinski definition) is 0. The van der Waals surface area contributed by atoms with Crippen molar-refractivity contribution in [1.82, 2.24) is 4.90 Å². The number of fused-ring (bicyclic) bond motifs is 2. The summed E-state index contributed by atoms with van der Waals surface area (Å²) in [6.45, 7) is 0.892. The highest BCUT2D eigenvalue weighted by Gasteiger charge is 2.44. The van der Waals surface area contributed by atoms with E-state index in [2.05, 4.69) is 0 Å². The van der Waals surface area contributed by atoms with Crippen molar-refractivity contribution in [3.05, 3.63) is 63.3 Å². The van der Waals surface area contributed by atoms with E-state index < -0.39 is 23.2 Å². The van der Waals surface area contributed by atoms with Crippen molar-refractivity contribution in [3.63, 3.8) is 0 Å². The van der Waals surface area contributed by atoms with Crippen LogP contribution in [-0.4, -0.2) is 51.4 Å². The summed E-state index contributed by atoms with van der Waals surface area (Å²) in [5, 5.41) is 0.0722. The van der Waals surface area contributed by atoms with Gasteiger partial charge >= 0.3 is 0 Å². The average Bonchev–Trinajstić information content (AvgIpc) is 3.46. The summed E-state index contributed by atoms with van der Waals surface area (Å²) in [6.07, 6.45) is 1.54. The predicted molar refractivity (Wildman–Crippen MR) is 120 cm³/mol. The quantitative estimate of drug-likeness (QED) is 0.544. The van der Waals surface area contributed by atoms with Crippen molar-refractivity contribution in [2.45, 2.75) is 25.0 Å². The van der Waals surface area contributed by atoms with E-state index >= 15 is 0 Å². The van der Waals surface area contributed by atoms with Crippen LogP contribution in [0, 0.1) is 5.82 Å². The molecule has 3 aromatic rings. The Morgan fingerprint density at radius 1 is 1.06 bits per heavy atom. The zero-order valence-electron chi connectivity index (χ0n) is 19.1. The van der Waals surface area contributed by atoms with Gasteiger partial charge in [0.25, 0.3) is 5.91 Å². The summed E-state index contributed by atoms with van der Waals surface area (Å²) < 4.78 is 42.0. The third-order valence-corrected chi connectivity index (χ3v) is 6.35. The molecule has 0 N–H and O–H groups in total. The van der Waals surface area contributed by atoms with E-state index in [1.807, 2.05) is 0 Å². The smallest absolute Gasteiger partial charge is 0.291 e. The molecule has 9 heteroatoms. The van der Waals surface area contributed by atoms with E-state index in [4.69, 9.17) is 23.4 Å². The van der Waals surface area contributed by atoms with Crippen LogP contribution in [0.4, 0.5) is 4.39 Å². The van der Waals surface area contributed by atoms with Crippen LogP contribution in [0.25, 0.3) is 11.0 Å². The normalized spacial score (nSPS) is 19.5. The molecule has 2 atom stereocenters. The van der Waals surface area contributed by atoms with Gasteiger partial charge in [0.1, 0.15) is 11.4 Å². The van der Waals surface area contributed by atoms with Gasteiger partial charge in [-0.1, -0.05) is 0 Å². The molecule has 2 aliphatic heterocycles. The van der Waals surface area contributed by atoms with Crippen LogP contribution in [0.1, 0.15) is 40.6 Å². The Morgan fingerprint density at radius 3 is 2.41 bits per heavy atom. The lowest BCUT2D eigenvalue weighted by molar-refractivity contribution is 0.0486. The van der Waals surface area contributed by atoms with Gasteiger partial charge in [-0.15, -0.1) is 0 Å². The van der Waals surface area contributed by atoms with Gasteiger partial charge < -0.3 is 28.3 Å². The van der Waals surface area contributed by atoms with E-state index in [0.29, 0.717) is 29.4 Å². The minimum atomic E-state index is -0.802. The Bertz CT molecular complexity index is 1300. The maximum Gasteiger partial charge on any atom is 0.291 e. The fourth-order valence-corrected chi connectivity index (χ4v) is 4.79. The second-order valence-corrected chi connectivity index (χ2v) is 8.27. The van der Waals surface area contributed by atoms with Crippen LogP contribution >= 0.6 is 0 Å². The van der Waals surface area contributed by atoms with Crippen LogP contribution in [0.3, 0.4) is 0 Å². The number of rotatable bonds is 6. The number of ether oxygens (including phenoxy) is 4. The first-order chi connectivity index (χ1) is 16.5. The molecule has 0 aliphatic carbocycles. The highest BCUT2D eigenvalue weighted by molar-refractivity contribution is 5.99. The molecule has 1 aromatic heterocycles. The molecule has 0 spiro atoms. The van der Waals surface area contributed by atoms with Crippen LogP contribution in [0.2, 0.25) is 0 Å². The zero-order valence-corrected chi connectivity index (χ0v) is 19.1. The van der Waals surface area contributed by atoms with Crippen LogP contribution in [0.15, 0.2) is 39.5 Å². The Hall–Kier alpha value is -3.59. The molecule has 0 unspecified atom stereocenters. The number of nitrogens with zero attached hydrogens (tertiary/aromatic N) is 1. The van der Waals surface area contributed by atoms with Gasteiger partial charge in [-0.3, -0.25) is 9.59 Å². The van der Waals surface area contributed by atoms with E-state index in [1.165, 1.54) is 33.5 Å². The highest BCUT2D eigenvalue weighted by atomic mass is 19.1. The molecule has 178 valence electrons. The summed E-state index contributed by atoms with van der Waals surface area (Å²) in [5.74, 6) is 0.103. The molecular weight excluding hydrogens is 445 g/mol. The molecule has 0 bridgehead atoms. The summed E-state index contributed by atoms with van der Waals surface area (Å²) in [7, 11) is 4.47. The van der Waals surface area contributed by atoms with E-state index in [1.54, 1.807) is 17.0 Å². The van der Waals surface area contributed by atoms with Gasteiger partial charge in [-0.05, 0) is 48.7 Å². The number of hydrogen-bond acceptors (Lipinski definition) is 7. The summed E-state index contributed by atoms with van der Waals surface area (Å²) >= 11 is 0. The molecule has 5 rings (SSSR count). The van der Waals surface area contributed by atoms with E-state index in [0.717, 1.165) is 18.9 Å². The minimum Gasteiger partial charge on any atom is -0.493 e. The Balaban J connectivity index is 1.75. The average molecular weight is 469 g/mol. The number of benzene rings is 2. The fraction of sp³-hybridized carbons (Fsp3) is 0.360. The van der Waals surface area contributed by atoms with Crippen molar-refractivity contribution in [2.75, 3.05) is 34.5 Å². The van der Waals surface area contributed by atoms with Crippen LogP contribution < -0.4 is 19.6 Å². The SMILES string of the molecule is COc1cc([C@@H]2c3c(oc4ccc(F)cc4c3=O)C(=O)N2C[C@H]2CCCO2)cc(OC)c1OC. The Kier molecular flexibility index (Phi) is 5.65. The molecule has 1 saturated heterocycles. The largest absolute Gasteiger partial charge is 0.493 e. The Labute approximate surface area is 194 Å². The molecule has 3 heterocycles. The van der Waals surface area contributed by atoms with Gasteiger partial charge in [0.15, 0.2) is 16.9 Å². The Morgan fingerprint density at radius 2 is 1.79 bits per heavy atom. The molecule has 0 saturated carbocycles. The molecule has 8 nitrogen and oxygen atoms in total. The molecule has 0 radical (unpaired) electrons. The predicted octanol–water partition coefficient (Wildman–Crippen LogP) is 3.68. The monoisotopic (exact) mass is 469 g/mol. The number of halogens is 1. The molecular formula is C25H24FNO7. The topological polar surface area (TPSA) is 87.4 Å². The lowest BCUT2D eigenvalue weighted by atomic mass is 9.97. The molecule has 34 heavy (non-hydrogen) atoms. The van der Waals surface area contributed by atoms with Crippen LogP contribution in [-0.2, 0) is 4.74 Å². The van der Waals surface area contributed by atoms with Crippen molar-refractivity contribution in [1.29, 1.82) is 0 Å². The third-order valence-electron chi connectivity index (χ3n) is 6.35. The zero-order chi connectivity index (χ0) is 24.0. The fourth-order valence-electron chi connectivity index (χ4n) is 4.79. The second-order valence-electron chi connectivity index (χ2n) is 8.27. The molecule has 1 fully saturated rings. The van der Waals surface area contributed by atoms with Crippen molar-refractivity contribution in [2.24, 2.45) is 0 Å². The number of carbonyl (C=O) groups excluding carboxylic acids is 1. The molecule has 1 amide bonds. The highest BCUT2D eigenvalue weighted by Crippen LogP contribution is 2.45. The lowest BCUT2D eigenvalue weighted by Gasteiger charge is -2.28. The van der Waals surface area contributed by atoms with Gasteiger partial charge in [0.05, 0.1) is 44.4 Å². The first-order valence-electron chi connectivity index (χ1n) is 11.0. The van der Waals surface area contributed by atoms with Crippen molar-refractivity contribution >= 4 is 16.9 Å². The van der Waals surface area contributed by atoms with Gasteiger partial charge in [-0.25, -0.2) is 4.39 Å². The van der Waals surface area contributed by atoms with Crippen molar-refractivity contribution in [3.8, 4) is 17.2 Å². The molecule has 2 aromatic carbocycles. The summed E-state index contributed by atoms with van der Waals surface area (Å²) in [4.78, 5) is 28.7. The summed E-state index contributed by atoms with van der Waals surface area (Å²) in [6, 6.07) is 6.28. The minimum absolute atomic E-state index is 0.0548. The first kappa shape index (κ1) is 22.2. The van der Waals surface area contributed by atoms with E-state index in [9.17, 15) is 14.0 Å². The first-order valence-corrected chi connectivity index (χ1v) is 11.0. The number of amides is 1. The van der Waals surface area contributed by atoms with E-state index in [-0.39, 0.29) is 34.9 Å². The standard InChI is InChI=1S/C25H24FNO7/c1-30-18-9-13(10-19(31-2)23(18)32-3)21-20-22(28)16-11-14(26)6-7-17(16)34-24(20)25(29)27(21)12-15-5-4-8-33-15/h6-7,9-11,15,21H,4-5,8,12H2,1-3H3/t15-,21-/m1/s1. The second kappa shape index (κ2) is 8.64. The number of carbonyl (C=O) groups is 1. The number of methoxy groups -OCH3 is 3. The maximum absolute atomic E-state index is 14.0. The maximum atomic E-state index is 14.0. The summed E-state index contributed by atoms with van der Waals surface area (Å²) in [5.41, 5.74) is 0.414. The van der Waals surface area contributed by atoms with Crippen LogP contribution in [0.5, 0.6) is 17.2 Å². The van der Waals surface area contributed by atoms with Gasteiger partial charge in [0, 0.05) is 13.2 Å². The molecule has 2 aliphatic rings. The van der Waals surface area contributed by atoms with Crippen molar-refractivity contribution < 1.29 is 32.5 Å². The third kappa shape index (κ3) is 3.47. The lowest BCUT2D eigenvalue weighted by Crippen LogP contribution is -2.36.